The molecular formula is C17H19N3O2. The summed E-state index contributed by atoms with van der Waals surface area (Å²) in [5.41, 5.74) is 2.84. The number of nitrogens with one attached hydrogen (secondary N) is 1. The first-order valence-electron chi connectivity index (χ1n) is 7.34. The van der Waals surface area contributed by atoms with Gasteiger partial charge in [-0.15, -0.1) is 0 Å². The average molecular weight is 297 g/mol. The first-order chi connectivity index (χ1) is 10.4. The summed E-state index contributed by atoms with van der Waals surface area (Å²) in [5, 5.41) is 3.63. The van der Waals surface area contributed by atoms with Gasteiger partial charge in [-0.25, -0.2) is 4.68 Å². The fourth-order valence-corrected chi connectivity index (χ4v) is 3.01. The van der Waals surface area contributed by atoms with Gasteiger partial charge in [0.1, 0.15) is 0 Å². The van der Waals surface area contributed by atoms with E-state index >= 15 is 0 Å². The molecule has 2 aromatic heterocycles. The van der Waals surface area contributed by atoms with Crippen LogP contribution in [0.1, 0.15) is 31.1 Å². The molecular weight excluding hydrogens is 278 g/mol. The molecule has 0 unspecified atom stereocenters. The molecule has 0 fully saturated rings. The Morgan fingerprint density at radius 3 is 2.41 bits per heavy atom. The number of H-pyrrole nitrogens is 1. The molecule has 22 heavy (non-hydrogen) atoms. The smallest absolute Gasteiger partial charge is 0.280 e. The lowest BCUT2D eigenvalue weighted by Crippen LogP contribution is -2.24. The molecule has 0 spiro atoms. The van der Waals surface area contributed by atoms with Crippen LogP contribution in [-0.2, 0) is 0 Å². The molecule has 0 aliphatic rings. The van der Waals surface area contributed by atoms with E-state index in [1.807, 2.05) is 52.0 Å². The zero-order valence-electron chi connectivity index (χ0n) is 13.2. The minimum absolute atomic E-state index is 0.0121. The van der Waals surface area contributed by atoms with Crippen molar-refractivity contribution in [3.05, 3.63) is 62.3 Å². The van der Waals surface area contributed by atoms with E-state index in [4.69, 9.17) is 0 Å². The molecule has 5 heteroatoms. The summed E-state index contributed by atoms with van der Waals surface area (Å²) >= 11 is 0. The van der Waals surface area contributed by atoms with E-state index in [9.17, 15) is 9.59 Å². The number of aryl methyl sites for hydroxylation is 2. The summed E-state index contributed by atoms with van der Waals surface area (Å²) < 4.78 is 3.16. The lowest BCUT2D eigenvalue weighted by molar-refractivity contribution is 0.567. The molecule has 1 N–H and O–H groups in total. The summed E-state index contributed by atoms with van der Waals surface area (Å²) in [6, 6.07) is 9.17. The lowest BCUT2D eigenvalue weighted by atomic mass is 10.2. The number of benzene rings is 1. The number of aromatic nitrogens is 3. The largest absolute Gasteiger partial charge is 0.309 e. The zero-order chi connectivity index (χ0) is 16.0. The van der Waals surface area contributed by atoms with E-state index in [0.717, 1.165) is 11.3 Å². The maximum Gasteiger partial charge on any atom is 0.280 e. The Hall–Kier alpha value is -2.56. The van der Waals surface area contributed by atoms with E-state index in [1.54, 1.807) is 4.57 Å². The second-order valence-electron chi connectivity index (χ2n) is 5.86. The van der Waals surface area contributed by atoms with Gasteiger partial charge in [-0.2, -0.15) is 0 Å². The van der Waals surface area contributed by atoms with Gasteiger partial charge in [-0.1, -0.05) is 18.2 Å². The summed E-state index contributed by atoms with van der Waals surface area (Å²) in [6.45, 7) is 7.65. The molecule has 0 saturated heterocycles. The molecule has 0 amide bonds. The Morgan fingerprint density at radius 2 is 1.77 bits per heavy atom. The van der Waals surface area contributed by atoms with Crippen molar-refractivity contribution in [3.63, 3.8) is 0 Å². The summed E-state index contributed by atoms with van der Waals surface area (Å²) in [5.74, 6) is 0. The van der Waals surface area contributed by atoms with Gasteiger partial charge in [0.05, 0.1) is 16.6 Å². The molecule has 0 radical (unpaired) electrons. The number of pyridine rings is 1. The number of rotatable bonds is 2. The van der Waals surface area contributed by atoms with Crippen LogP contribution in [0.4, 0.5) is 0 Å². The van der Waals surface area contributed by atoms with Crippen LogP contribution < -0.4 is 11.1 Å². The number of aromatic amines is 1. The van der Waals surface area contributed by atoms with E-state index in [2.05, 4.69) is 5.10 Å². The topological polar surface area (TPSA) is 59.8 Å². The zero-order valence-corrected chi connectivity index (χ0v) is 13.2. The lowest BCUT2D eigenvalue weighted by Gasteiger charge is -2.13. The minimum atomic E-state index is -0.129. The summed E-state index contributed by atoms with van der Waals surface area (Å²) in [7, 11) is 0. The Bertz CT molecular complexity index is 974. The predicted octanol–water partition coefficient (Wildman–Crippen LogP) is 2.68. The fraction of sp³-hybridized carbons (Fsp3) is 0.294. The fourth-order valence-electron chi connectivity index (χ4n) is 3.01. The van der Waals surface area contributed by atoms with E-state index in [-0.39, 0.29) is 17.2 Å². The van der Waals surface area contributed by atoms with Crippen LogP contribution in [0.2, 0.25) is 0 Å². The molecule has 1 aromatic carbocycles. The summed E-state index contributed by atoms with van der Waals surface area (Å²) in [6.07, 6.45) is 0. The Balaban J connectivity index is 2.41. The van der Waals surface area contributed by atoms with Crippen LogP contribution in [0.3, 0.4) is 0 Å². The SMILES string of the molecule is Cc1ccccc1-n1[nH]c2cc(=O)n(C(C)C)c(C)c2c1=O. The van der Waals surface area contributed by atoms with Crippen molar-refractivity contribution >= 4 is 10.9 Å². The van der Waals surface area contributed by atoms with Crippen molar-refractivity contribution in [3.8, 4) is 5.69 Å². The number of fused-ring (bicyclic) bond motifs is 1. The van der Waals surface area contributed by atoms with Crippen LogP contribution >= 0.6 is 0 Å². The van der Waals surface area contributed by atoms with Crippen molar-refractivity contribution < 1.29 is 0 Å². The van der Waals surface area contributed by atoms with Crippen LogP contribution in [-0.4, -0.2) is 14.3 Å². The molecule has 5 nitrogen and oxygen atoms in total. The number of para-hydroxylation sites is 1. The molecule has 0 aliphatic carbocycles. The summed E-state index contributed by atoms with van der Waals surface area (Å²) in [4.78, 5) is 25.1. The van der Waals surface area contributed by atoms with Crippen LogP contribution in [0.5, 0.6) is 0 Å². The maximum atomic E-state index is 12.8. The highest BCUT2D eigenvalue weighted by atomic mass is 16.1. The highest BCUT2D eigenvalue weighted by molar-refractivity contribution is 5.80. The van der Waals surface area contributed by atoms with Gasteiger partial charge in [0, 0.05) is 17.8 Å². The minimum Gasteiger partial charge on any atom is -0.309 e. The number of nitrogens with zero attached hydrogens (tertiary/aromatic N) is 2. The molecule has 0 saturated carbocycles. The second-order valence-corrected chi connectivity index (χ2v) is 5.86. The van der Waals surface area contributed by atoms with E-state index < -0.39 is 0 Å². The molecule has 0 atom stereocenters. The van der Waals surface area contributed by atoms with E-state index in [1.165, 1.54) is 10.7 Å². The first-order valence-corrected chi connectivity index (χ1v) is 7.34. The van der Waals surface area contributed by atoms with Crippen molar-refractivity contribution in [2.45, 2.75) is 33.7 Å². The Labute approximate surface area is 127 Å². The van der Waals surface area contributed by atoms with Gasteiger partial charge >= 0.3 is 0 Å². The standard InChI is InChI=1S/C17H19N3O2/c1-10(2)19-12(4)16-13(9-15(19)21)18-20(17(16)22)14-8-6-5-7-11(14)3/h5-10,18H,1-4H3. The van der Waals surface area contributed by atoms with Crippen molar-refractivity contribution in [2.75, 3.05) is 0 Å². The Kier molecular flexibility index (Phi) is 3.28. The molecule has 3 aromatic rings. The van der Waals surface area contributed by atoms with Gasteiger partial charge in [0.25, 0.3) is 11.1 Å². The monoisotopic (exact) mass is 297 g/mol. The van der Waals surface area contributed by atoms with E-state index in [0.29, 0.717) is 16.6 Å². The number of hydrogen-bond acceptors (Lipinski definition) is 2. The van der Waals surface area contributed by atoms with Crippen molar-refractivity contribution in [1.82, 2.24) is 14.3 Å². The van der Waals surface area contributed by atoms with Gasteiger partial charge < -0.3 is 4.57 Å². The highest BCUT2D eigenvalue weighted by Crippen LogP contribution is 2.17. The molecule has 3 rings (SSSR count). The second kappa shape index (κ2) is 5.02. The van der Waals surface area contributed by atoms with Crippen molar-refractivity contribution in [2.24, 2.45) is 0 Å². The molecule has 0 bridgehead atoms. The Morgan fingerprint density at radius 1 is 1.09 bits per heavy atom. The molecule has 0 aliphatic heterocycles. The third kappa shape index (κ3) is 2.01. The van der Waals surface area contributed by atoms with Gasteiger partial charge in [0.15, 0.2) is 0 Å². The third-order valence-electron chi connectivity index (χ3n) is 4.02. The van der Waals surface area contributed by atoms with Crippen molar-refractivity contribution in [1.29, 1.82) is 0 Å². The van der Waals surface area contributed by atoms with Crippen LogP contribution in [0.25, 0.3) is 16.6 Å². The van der Waals surface area contributed by atoms with Gasteiger partial charge in [0.2, 0.25) is 0 Å². The third-order valence-corrected chi connectivity index (χ3v) is 4.02. The van der Waals surface area contributed by atoms with Crippen LogP contribution in [0, 0.1) is 13.8 Å². The average Bonchev–Trinajstić information content (AvgIpc) is 2.75. The molecule has 2 heterocycles. The predicted molar refractivity (Wildman–Crippen MR) is 88.0 cm³/mol. The molecule has 114 valence electrons. The number of hydrogen-bond donors (Lipinski definition) is 1. The highest BCUT2D eigenvalue weighted by Gasteiger charge is 2.16. The van der Waals surface area contributed by atoms with Gasteiger partial charge in [-0.3, -0.25) is 14.7 Å². The van der Waals surface area contributed by atoms with Gasteiger partial charge in [-0.05, 0) is 39.3 Å². The van der Waals surface area contributed by atoms with Crippen LogP contribution in [0.15, 0.2) is 39.9 Å². The maximum absolute atomic E-state index is 12.8. The normalized spacial score (nSPS) is 11.5. The first kappa shape index (κ1) is 14.4. The quantitative estimate of drug-likeness (QED) is 0.790.